The average Bonchev–Trinajstić information content (AvgIpc) is 1.86. The summed E-state index contributed by atoms with van der Waals surface area (Å²) in [5.41, 5.74) is 0. The summed E-state index contributed by atoms with van der Waals surface area (Å²) >= 11 is 0. The van der Waals surface area contributed by atoms with E-state index < -0.39 is 10.0 Å². The third kappa shape index (κ3) is 2.12. The minimum Gasteiger partial charge on any atom is -0.355 e. The van der Waals surface area contributed by atoms with Crippen molar-refractivity contribution in [2.24, 2.45) is 0 Å². The van der Waals surface area contributed by atoms with Gasteiger partial charge in [-0.15, -0.1) is 0 Å². The highest BCUT2D eigenvalue weighted by atomic mass is 32.3. The van der Waals surface area contributed by atoms with Gasteiger partial charge in [0.05, 0.1) is 5.25 Å². The van der Waals surface area contributed by atoms with E-state index in [1.807, 2.05) is 0 Å². The molecule has 1 aliphatic heterocycles. The van der Waals surface area contributed by atoms with Crippen LogP contribution in [0, 0.1) is 0 Å². The van der Waals surface area contributed by atoms with E-state index in [4.69, 9.17) is 0 Å². The summed E-state index contributed by atoms with van der Waals surface area (Å²) in [7, 11) is -0.687. The van der Waals surface area contributed by atoms with Gasteiger partial charge in [-0.1, -0.05) is 0 Å². The van der Waals surface area contributed by atoms with E-state index in [-0.39, 0.29) is 5.91 Å². The molecule has 1 heterocycles. The Morgan fingerprint density at radius 3 is 2.45 bits per heavy atom. The third-order valence-corrected chi connectivity index (χ3v) is 4.25. The molecule has 1 saturated heterocycles. The second-order valence-corrected chi connectivity index (χ2v) is 8.29. The molecule has 1 rings (SSSR count). The third-order valence-electron chi connectivity index (χ3n) is 2.09. The lowest BCUT2D eigenvalue weighted by molar-refractivity contribution is -0.121. The Bertz CT molecular complexity index is 162. The lowest BCUT2D eigenvalue weighted by Crippen LogP contribution is -2.42. The van der Waals surface area contributed by atoms with Crippen LogP contribution in [0.5, 0.6) is 0 Å². The summed E-state index contributed by atoms with van der Waals surface area (Å²) < 4.78 is 0. The van der Waals surface area contributed by atoms with Crippen molar-refractivity contribution >= 4 is 15.9 Å². The molecular formula is C8H17NOS. The van der Waals surface area contributed by atoms with Crippen molar-refractivity contribution in [3.63, 3.8) is 0 Å². The van der Waals surface area contributed by atoms with Gasteiger partial charge in [-0.3, -0.25) is 4.79 Å². The predicted molar refractivity (Wildman–Crippen MR) is 51.4 cm³/mol. The number of piperidine rings is 1. The standard InChI is InChI=1S/C8H17NOS/c1-11(2,3)7-5-4-6-9-8(7)10/h7H,4-6H2,1-3H3,(H,9,10). The molecule has 0 aromatic heterocycles. The summed E-state index contributed by atoms with van der Waals surface area (Å²) in [6.45, 7) is 0.880. The van der Waals surface area contributed by atoms with Gasteiger partial charge < -0.3 is 5.32 Å². The molecule has 2 nitrogen and oxygen atoms in total. The maximum atomic E-state index is 11.4. The van der Waals surface area contributed by atoms with Crippen molar-refractivity contribution in [2.75, 3.05) is 25.3 Å². The van der Waals surface area contributed by atoms with Crippen LogP contribution in [0.3, 0.4) is 0 Å². The minimum atomic E-state index is -0.687. The van der Waals surface area contributed by atoms with Crippen LogP contribution in [-0.4, -0.2) is 36.5 Å². The fourth-order valence-corrected chi connectivity index (χ4v) is 3.02. The molecule has 0 bridgehead atoms. The zero-order chi connectivity index (χ0) is 8.48. The zero-order valence-corrected chi connectivity index (χ0v) is 8.33. The molecule has 1 N–H and O–H groups in total. The van der Waals surface area contributed by atoms with E-state index in [1.54, 1.807) is 0 Å². The molecule has 1 aliphatic rings. The number of hydrogen-bond donors (Lipinski definition) is 1. The van der Waals surface area contributed by atoms with Crippen LogP contribution in [0.4, 0.5) is 0 Å². The second kappa shape index (κ2) is 3.05. The van der Waals surface area contributed by atoms with Gasteiger partial charge >= 0.3 is 0 Å². The number of hydrogen-bond acceptors (Lipinski definition) is 1. The normalized spacial score (nSPS) is 27.9. The van der Waals surface area contributed by atoms with Crippen molar-refractivity contribution in [1.82, 2.24) is 5.32 Å². The fourth-order valence-electron chi connectivity index (χ4n) is 1.42. The Hall–Kier alpha value is -0.180. The molecule has 0 aromatic carbocycles. The van der Waals surface area contributed by atoms with Crippen molar-refractivity contribution in [3.8, 4) is 0 Å². The first-order valence-corrected chi connectivity index (χ1v) is 6.89. The van der Waals surface area contributed by atoms with E-state index in [0.717, 1.165) is 19.4 Å². The van der Waals surface area contributed by atoms with Gasteiger partial charge in [0.15, 0.2) is 0 Å². The summed E-state index contributed by atoms with van der Waals surface area (Å²) in [4.78, 5) is 11.4. The van der Waals surface area contributed by atoms with E-state index in [1.165, 1.54) is 0 Å². The molecule has 66 valence electrons. The summed E-state index contributed by atoms with van der Waals surface area (Å²) in [6, 6.07) is 0. The molecule has 11 heavy (non-hydrogen) atoms. The molecule has 0 aromatic rings. The topological polar surface area (TPSA) is 29.1 Å². The van der Waals surface area contributed by atoms with Crippen molar-refractivity contribution in [2.45, 2.75) is 18.1 Å². The molecule has 1 atom stereocenters. The summed E-state index contributed by atoms with van der Waals surface area (Å²) in [6.07, 6.45) is 8.87. The maximum Gasteiger partial charge on any atom is 0.231 e. The number of amides is 1. The molecular weight excluding hydrogens is 158 g/mol. The summed E-state index contributed by atoms with van der Waals surface area (Å²) in [5, 5.41) is 3.22. The lowest BCUT2D eigenvalue weighted by atomic mass is 10.1. The van der Waals surface area contributed by atoms with Gasteiger partial charge in [0.2, 0.25) is 5.91 Å². The van der Waals surface area contributed by atoms with Crippen LogP contribution in [0.2, 0.25) is 0 Å². The Morgan fingerprint density at radius 2 is 2.09 bits per heavy atom. The fraction of sp³-hybridized carbons (Fsp3) is 0.875. The van der Waals surface area contributed by atoms with Crippen LogP contribution in [0.25, 0.3) is 0 Å². The molecule has 1 amide bonds. The predicted octanol–water partition coefficient (Wildman–Crippen LogP) is 0.959. The zero-order valence-electron chi connectivity index (χ0n) is 7.52. The Kier molecular flexibility index (Phi) is 2.47. The Labute approximate surface area is 70.1 Å². The highest BCUT2D eigenvalue weighted by Gasteiger charge is 2.29. The van der Waals surface area contributed by atoms with Crippen LogP contribution < -0.4 is 5.32 Å². The second-order valence-electron chi connectivity index (χ2n) is 3.85. The van der Waals surface area contributed by atoms with Crippen LogP contribution in [-0.2, 0) is 4.79 Å². The molecule has 1 fully saturated rings. The number of nitrogens with one attached hydrogen (secondary N) is 1. The van der Waals surface area contributed by atoms with Crippen molar-refractivity contribution < 1.29 is 4.79 Å². The first-order chi connectivity index (χ1) is 5.02. The van der Waals surface area contributed by atoms with E-state index in [2.05, 4.69) is 24.1 Å². The minimum absolute atomic E-state index is 0.277. The van der Waals surface area contributed by atoms with Gasteiger partial charge in [-0.2, -0.15) is 0 Å². The van der Waals surface area contributed by atoms with Gasteiger partial charge in [-0.05, 0) is 31.6 Å². The SMILES string of the molecule is CS(C)(C)C1CCCNC1=O. The quantitative estimate of drug-likeness (QED) is 0.632. The number of carbonyl (C=O) groups excluding carboxylic acids is 1. The highest BCUT2D eigenvalue weighted by molar-refractivity contribution is 8.33. The van der Waals surface area contributed by atoms with Gasteiger partial charge in [0.1, 0.15) is 0 Å². The molecule has 0 saturated carbocycles. The van der Waals surface area contributed by atoms with Crippen LogP contribution in [0.15, 0.2) is 0 Å². The molecule has 1 unspecified atom stereocenters. The van der Waals surface area contributed by atoms with Crippen molar-refractivity contribution in [1.29, 1.82) is 0 Å². The molecule has 0 aliphatic carbocycles. The Balaban J connectivity index is 2.62. The first kappa shape index (κ1) is 8.91. The number of rotatable bonds is 1. The van der Waals surface area contributed by atoms with Crippen LogP contribution >= 0.6 is 10.0 Å². The Morgan fingerprint density at radius 1 is 1.45 bits per heavy atom. The maximum absolute atomic E-state index is 11.4. The first-order valence-electron chi connectivity index (χ1n) is 3.97. The van der Waals surface area contributed by atoms with Gasteiger partial charge in [-0.25, -0.2) is 10.0 Å². The lowest BCUT2D eigenvalue weighted by Gasteiger charge is -2.37. The van der Waals surface area contributed by atoms with E-state index in [0.29, 0.717) is 5.25 Å². The van der Waals surface area contributed by atoms with Crippen molar-refractivity contribution in [3.05, 3.63) is 0 Å². The number of carbonyl (C=O) groups is 1. The molecule has 0 radical (unpaired) electrons. The van der Waals surface area contributed by atoms with Gasteiger partial charge in [0, 0.05) is 6.54 Å². The van der Waals surface area contributed by atoms with Gasteiger partial charge in [0.25, 0.3) is 0 Å². The van der Waals surface area contributed by atoms with Crippen LogP contribution in [0.1, 0.15) is 12.8 Å². The monoisotopic (exact) mass is 175 g/mol. The van der Waals surface area contributed by atoms with E-state index in [9.17, 15) is 4.79 Å². The summed E-state index contributed by atoms with van der Waals surface area (Å²) in [5.74, 6) is 0.277. The average molecular weight is 175 g/mol. The smallest absolute Gasteiger partial charge is 0.231 e. The molecule has 0 spiro atoms. The van der Waals surface area contributed by atoms with E-state index >= 15 is 0 Å². The molecule has 3 heteroatoms. The highest BCUT2D eigenvalue weighted by Crippen LogP contribution is 2.43. The largest absolute Gasteiger partial charge is 0.355 e.